The molecule has 1 aliphatic heterocycles. The van der Waals surface area contributed by atoms with Crippen molar-refractivity contribution in [3.8, 4) is 5.75 Å². The zero-order chi connectivity index (χ0) is 10.7. The second kappa shape index (κ2) is 4.56. The molecule has 1 aliphatic rings. The maximum atomic E-state index is 5.35. The number of hydrogen-bond donors (Lipinski definition) is 0. The molecule has 0 unspecified atom stereocenters. The van der Waals surface area contributed by atoms with E-state index in [9.17, 15) is 0 Å². The molecule has 0 bridgehead atoms. The molecule has 0 spiro atoms. The maximum Gasteiger partial charge on any atom is 0.123 e. The number of nitrogens with zero attached hydrogens (tertiary/aromatic N) is 1. The highest BCUT2D eigenvalue weighted by Crippen LogP contribution is 2.26. The van der Waals surface area contributed by atoms with Crippen molar-refractivity contribution in [1.29, 1.82) is 0 Å². The zero-order valence-corrected chi connectivity index (χ0v) is 9.62. The number of anilines is 1. The molecule has 2 rings (SSSR count). The van der Waals surface area contributed by atoms with E-state index in [1.54, 1.807) is 7.11 Å². The monoisotopic (exact) mass is 205 g/mol. The van der Waals surface area contributed by atoms with Gasteiger partial charge in [0.25, 0.3) is 0 Å². The Labute approximate surface area is 91.9 Å². The summed E-state index contributed by atoms with van der Waals surface area (Å²) < 4.78 is 5.35. The van der Waals surface area contributed by atoms with Crippen LogP contribution in [0.3, 0.4) is 0 Å². The number of ether oxygens (including phenoxy) is 1. The summed E-state index contributed by atoms with van der Waals surface area (Å²) in [7, 11) is 1.74. The third kappa shape index (κ3) is 2.25. The molecule has 0 radical (unpaired) electrons. The fraction of sp³-hybridized carbons (Fsp3) is 0.538. The smallest absolute Gasteiger partial charge is 0.123 e. The molecular formula is C13H19NO. The van der Waals surface area contributed by atoms with Crippen LogP contribution >= 0.6 is 0 Å². The summed E-state index contributed by atoms with van der Waals surface area (Å²) in [5.41, 5.74) is 2.51. The first-order valence-electron chi connectivity index (χ1n) is 5.71. The van der Waals surface area contributed by atoms with E-state index in [1.807, 2.05) is 0 Å². The Morgan fingerprint density at radius 3 is 2.53 bits per heavy atom. The van der Waals surface area contributed by atoms with Crippen LogP contribution in [0.2, 0.25) is 0 Å². The van der Waals surface area contributed by atoms with Gasteiger partial charge in [0.2, 0.25) is 0 Å². The summed E-state index contributed by atoms with van der Waals surface area (Å²) in [5.74, 6) is 0.998. The lowest BCUT2D eigenvalue weighted by atomic mass is 10.1. The predicted molar refractivity (Wildman–Crippen MR) is 63.8 cm³/mol. The second-order valence-electron chi connectivity index (χ2n) is 4.20. The van der Waals surface area contributed by atoms with E-state index >= 15 is 0 Å². The van der Waals surface area contributed by atoms with Crippen molar-refractivity contribution >= 4 is 5.69 Å². The molecule has 0 aliphatic carbocycles. The lowest BCUT2D eigenvalue weighted by Crippen LogP contribution is -2.29. The van der Waals surface area contributed by atoms with E-state index in [1.165, 1.54) is 43.6 Å². The van der Waals surface area contributed by atoms with Gasteiger partial charge >= 0.3 is 0 Å². The third-order valence-corrected chi connectivity index (χ3v) is 3.11. The summed E-state index contributed by atoms with van der Waals surface area (Å²) in [6, 6.07) is 6.49. The fourth-order valence-electron chi connectivity index (χ4n) is 2.16. The predicted octanol–water partition coefficient (Wildman–Crippen LogP) is 2.99. The van der Waals surface area contributed by atoms with Crippen molar-refractivity contribution in [2.75, 3.05) is 25.1 Å². The van der Waals surface area contributed by atoms with E-state index in [0.717, 1.165) is 5.75 Å². The number of hydrogen-bond acceptors (Lipinski definition) is 2. The van der Waals surface area contributed by atoms with Crippen molar-refractivity contribution in [2.24, 2.45) is 0 Å². The van der Waals surface area contributed by atoms with E-state index in [2.05, 4.69) is 30.0 Å². The molecule has 2 heteroatoms. The maximum absolute atomic E-state index is 5.35. The Bertz CT molecular complexity index is 329. The molecule has 0 saturated carbocycles. The molecule has 1 aromatic carbocycles. The van der Waals surface area contributed by atoms with E-state index in [-0.39, 0.29) is 0 Å². The molecule has 82 valence electrons. The summed E-state index contributed by atoms with van der Waals surface area (Å²) in [4.78, 5) is 2.45. The first-order valence-corrected chi connectivity index (χ1v) is 5.71. The van der Waals surface area contributed by atoms with E-state index in [4.69, 9.17) is 4.74 Å². The van der Waals surface area contributed by atoms with Gasteiger partial charge in [0.1, 0.15) is 5.75 Å². The van der Waals surface area contributed by atoms with Crippen molar-refractivity contribution in [3.63, 3.8) is 0 Å². The highest BCUT2D eigenvalue weighted by molar-refractivity contribution is 5.53. The van der Waals surface area contributed by atoms with Gasteiger partial charge in [-0.25, -0.2) is 0 Å². The first kappa shape index (κ1) is 10.3. The fourth-order valence-corrected chi connectivity index (χ4v) is 2.16. The minimum atomic E-state index is 0.998. The molecule has 15 heavy (non-hydrogen) atoms. The minimum Gasteiger partial charge on any atom is -0.496 e. The zero-order valence-electron chi connectivity index (χ0n) is 9.62. The average Bonchev–Trinajstić information content (AvgIpc) is 2.31. The molecule has 1 saturated heterocycles. The lowest BCUT2D eigenvalue weighted by molar-refractivity contribution is 0.411. The van der Waals surface area contributed by atoms with Crippen LogP contribution in [0.15, 0.2) is 18.2 Å². The molecule has 0 atom stereocenters. The molecule has 0 amide bonds. The highest BCUT2D eigenvalue weighted by Gasteiger charge is 2.11. The third-order valence-electron chi connectivity index (χ3n) is 3.11. The average molecular weight is 205 g/mol. The van der Waals surface area contributed by atoms with Crippen LogP contribution in [-0.4, -0.2) is 20.2 Å². The quantitative estimate of drug-likeness (QED) is 0.736. The summed E-state index contributed by atoms with van der Waals surface area (Å²) in [6.45, 7) is 4.46. The molecule has 1 aromatic rings. The Morgan fingerprint density at radius 2 is 1.87 bits per heavy atom. The van der Waals surface area contributed by atoms with Gasteiger partial charge in [-0.15, -0.1) is 0 Å². The largest absolute Gasteiger partial charge is 0.496 e. The van der Waals surface area contributed by atoms with Gasteiger partial charge in [0.15, 0.2) is 0 Å². The van der Waals surface area contributed by atoms with Crippen molar-refractivity contribution in [3.05, 3.63) is 23.8 Å². The van der Waals surface area contributed by atoms with Crippen molar-refractivity contribution in [2.45, 2.75) is 26.2 Å². The van der Waals surface area contributed by atoms with Gasteiger partial charge in [0, 0.05) is 24.8 Å². The van der Waals surface area contributed by atoms with Crippen LogP contribution in [0.25, 0.3) is 0 Å². The molecule has 1 heterocycles. The van der Waals surface area contributed by atoms with Crippen LogP contribution in [0.1, 0.15) is 24.8 Å². The van der Waals surface area contributed by atoms with Gasteiger partial charge in [-0.05, 0) is 37.8 Å². The van der Waals surface area contributed by atoms with Crippen LogP contribution in [-0.2, 0) is 0 Å². The van der Waals surface area contributed by atoms with Crippen molar-refractivity contribution in [1.82, 2.24) is 0 Å². The van der Waals surface area contributed by atoms with Crippen LogP contribution in [0.5, 0.6) is 5.75 Å². The standard InChI is InChI=1S/C13H19NO/c1-11-6-7-12(10-13(11)15-2)14-8-4-3-5-9-14/h6-7,10H,3-5,8-9H2,1-2H3. The number of rotatable bonds is 2. The summed E-state index contributed by atoms with van der Waals surface area (Å²) in [6.07, 6.45) is 4.01. The Hall–Kier alpha value is -1.18. The van der Waals surface area contributed by atoms with Crippen LogP contribution in [0.4, 0.5) is 5.69 Å². The lowest BCUT2D eigenvalue weighted by Gasteiger charge is -2.29. The Morgan fingerprint density at radius 1 is 1.13 bits per heavy atom. The molecule has 1 fully saturated rings. The van der Waals surface area contributed by atoms with E-state index in [0.29, 0.717) is 0 Å². The van der Waals surface area contributed by atoms with Gasteiger partial charge in [-0.3, -0.25) is 0 Å². The van der Waals surface area contributed by atoms with Crippen LogP contribution < -0.4 is 9.64 Å². The Kier molecular flexibility index (Phi) is 3.14. The number of benzene rings is 1. The molecule has 0 aromatic heterocycles. The van der Waals surface area contributed by atoms with Gasteiger partial charge in [-0.1, -0.05) is 6.07 Å². The minimum absolute atomic E-state index is 0.998. The number of piperidine rings is 1. The normalized spacial score (nSPS) is 16.5. The van der Waals surface area contributed by atoms with Crippen molar-refractivity contribution < 1.29 is 4.74 Å². The summed E-state index contributed by atoms with van der Waals surface area (Å²) >= 11 is 0. The first-order chi connectivity index (χ1) is 7.31. The second-order valence-corrected chi connectivity index (χ2v) is 4.20. The topological polar surface area (TPSA) is 12.5 Å². The van der Waals surface area contributed by atoms with Gasteiger partial charge < -0.3 is 9.64 Å². The number of methoxy groups -OCH3 is 1. The summed E-state index contributed by atoms with van der Waals surface area (Å²) in [5, 5.41) is 0. The molecule has 0 N–H and O–H groups in total. The number of aryl methyl sites for hydroxylation is 1. The SMILES string of the molecule is COc1cc(N2CCCCC2)ccc1C. The van der Waals surface area contributed by atoms with Gasteiger partial charge in [-0.2, -0.15) is 0 Å². The Balaban J connectivity index is 2.20. The van der Waals surface area contributed by atoms with Crippen LogP contribution in [0, 0.1) is 6.92 Å². The molecule has 2 nitrogen and oxygen atoms in total. The highest BCUT2D eigenvalue weighted by atomic mass is 16.5. The van der Waals surface area contributed by atoms with Gasteiger partial charge in [0.05, 0.1) is 7.11 Å². The molecular weight excluding hydrogens is 186 g/mol. The van der Waals surface area contributed by atoms with E-state index < -0.39 is 0 Å².